The fourth-order valence-corrected chi connectivity index (χ4v) is 1.66. The second-order valence-electron chi connectivity index (χ2n) is 3.53. The van der Waals surface area contributed by atoms with Gasteiger partial charge in [0.25, 0.3) is 0 Å². The molecule has 0 heterocycles. The first-order chi connectivity index (χ1) is 8.35. The molecule has 0 atom stereocenters. The van der Waals surface area contributed by atoms with Crippen molar-refractivity contribution < 1.29 is 9.47 Å². The fraction of sp³-hybridized carbons (Fsp3) is 0.143. The minimum absolute atomic E-state index is 0.707. The van der Waals surface area contributed by atoms with Crippen molar-refractivity contribution in [3.05, 3.63) is 48.5 Å². The number of hydrogen-bond donors (Lipinski definition) is 1. The summed E-state index contributed by atoms with van der Waals surface area (Å²) in [6.07, 6.45) is 0. The Labute approximate surface area is 101 Å². The largest absolute Gasteiger partial charge is 0.493 e. The Hall–Kier alpha value is -2.16. The van der Waals surface area contributed by atoms with Gasteiger partial charge in [-0.3, -0.25) is 0 Å². The van der Waals surface area contributed by atoms with Crippen LogP contribution in [-0.4, -0.2) is 14.2 Å². The Bertz CT molecular complexity index is 483. The number of anilines is 2. The van der Waals surface area contributed by atoms with E-state index in [1.54, 1.807) is 14.2 Å². The van der Waals surface area contributed by atoms with Crippen LogP contribution in [0, 0.1) is 0 Å². The summed E-state index contributed by atoms with van der Waals surface area (Å²) in [7, 11) is 3.26. The van der Waals surface area contributed by atoms with Gasteiger partial charge in [-0.25, -0.2) is 0 Å². The molecular weight excluding hydrogens is 214 g/mol. The normalized spacial score (nSPS) is 9.76. The second-order valence-corrected chi connectivity index (χ2v) is 3.53. The van der Waals surface area contributed by atoms with Gasteiger partial charge in [0.05, 0.1) is 19.9 Å². The predicted octanol–water partition coefficient (Wildman–Crippen LogP) is 3.45. The number of benzene rings is 2. The standard InChI is InChI=1S/C14H15NO2/c1-16-13-10-6-9-12(14(13)17-2)15-11-7-4-3-5-8-11/h3-10,15H,1-2H3. The minimum atomic E-state index is 0.707. The summed E-state index contributed by atoms with van der Waals surface area (Å²) in [5.41, 5.74) is 1.90. The lowest BCUT2D eigenvalue weighted by atomic mass is 10.2. The average molecular weight is 229 g/mol. The van der Waals surface area contributed by atoms with E-state index in [2.05, 4.69) is 5.32 Å². The van der Waals surface area contributed by atoms with E-state index in [0.29, 0.717) is 11.5 Å². The number of ether oxygens (including phenoxy) is 2. The maximum atomic E-state index is 5.35. The number of nitrogens with one attached hydrogen (secondary N) is 1. The van der Waals surface area contributed by atoms with Crippen LogP contribution < -0.4 is 14.8 Å². The van der Waals surface area contributed by atoms with Gasteiger partial charge in [-0.2, -0.15) is 0 Å². The maximum Gasteiger partial charge on any atom is 0.184 e. The van der Waals surface area contributed by atoms with Gasteiger partial charge in [-0.05, 0) is 24.3 Å². The Morgan fingerprint density at radius 2 is 1.59 bits per heavy atom. The average Bonchev–Trinajstić information content (AvgIpc) is 2.39. The molecule has 0 aromatic heterocycles. The fourth-order valence-electron chi connectivity index (χ4n) is 1.66. The third kappa shape index (κ3) is 2.50. The molecule has 2 aromatic rings. The van der Waals surface area contributed by atoms with E-state index >= 15 is 0 Å². The first-order valence-electron chi connectivity index (χ1n) is 5.38. The van der Waals surface area contributed by atoms with Crippen molar-refractivity contribution in [2.24, 2.45) is 0 Å². The molecule has 0 amide bonds. The summed E-state index contributed by atoms with van der Waals surface area (Å²) in [4.78, 5) is 0. The smallest absolute Gasteiger partial charge is 0.184 e. The van der Waals surface area contributed by atoms with Crippen LogP contribution in [0.5, 0.6) is 11.5 Å². The van der Waals surface area contributed by atoms with Crippen molar-refractivity contribution in [2.45, 2.75) is 0 Å². The van der Waals surface area contributed by atoms with Gasteiger partial charge in [0.2, 0.25) is 0 Å². The lowest BCUT2D eigenvalue weighted by molar-refractivity contribution is 0.356. The van der Waals surface area contributed by atoms with Crippen LogP contribution in [0.25, 0.3) is 0 Å². The van der Waals surface area contributed by atoms with Crippen LogP contribution in [0.2, 0.25) is 0 Å². The van der Waals surface area contributed by atoms with Gasteiger partial charge in [-0.15, -0.1) is 0 Å². The molecule has 88 valence electrons. The molecule has 0 radical (unpaired) electrons. The van der Waals surface area contributed by atoms with E-state index in [9.17, 15) is 0 Å². The predicted molar refractivity (Wildman–Crippen MR) is 69.3 cm³/mol. The zero-order chi connectivity index (χ0) is 12.1. The highest BCUT2D eigenvalue weighted by Gasteiger charge is 2.08. The van der Waals surface area contributed by atoms with Crippen LogP contribution in [0.15, 0.2) is 48.5 Å². The van der Waals surface area contributed by atoms with Gasteiger partial charge in [0.1, 0.15) is 0 Å². The molecule has 17 heavy (non-hydrogen) atoms. The molecule has 0 saturated heterocycles. The molecule has 0 saturated carbocycles. The van der Waals surface area contributed by atoms with E-state index in [4.69, 9.17) is 9.47 Å². The molecule has 0 spiro atoms. The molecule has 3 nitrogen and oxygen atoms in total. The van der Waals surface area contributed by atoms with E-state index in [1.165, 1.54) is 0 Å². The minimum Gasteiger partial charge on any atom is -0.493 e. The Morgan fingerprint density at radius 3 is 2.24 bits per heavy atom. The van der Waals surface area contributed by atoms with Crippen molar-refractivity contribution in [1.29, 1.82) is 0 Å². The summed E-state index contributed by atoms with van der Waals surface area (Å²) in [5.74, 6) is 1.42. The highest BCUT2D eigenvalue weighted by molar-refractivity contribution is 5.69. The highest BCUT2D eigenvalue weighted by Crippen LogP contribution is 2.36. The van der Waals surface area contributed by atoms with E-state index in [-0.39, 0.29) is 0 Å². The SMILES string of the molecule is COc1cccc(Nc2ccccc2)c1OC. The van der Waals surface area contributed by atoms with E-state index in [1.807, 2.05) is 48.5 Å². The summed E-state index contributed by atoms with van der Waals surface area (Å²) in [6, 6.07) is 15.7. The molecule has 3 heteroatoms. The second kappa shape index (κ2) is 5.25. The monoisotopic (exact) mass is 229 g/mol. The number of rotatable bonds is 4. The maximum absolute atomic E-state index is 5.35. The molecule has 2 rings (SSSR count). The van der Waals surface area contributed by atoms with E-state index in [0.717, 1.165) is 11.4 Å². The Kier molecular flexibility index (Phi) is 3.50. The molecule has 1 N–H and O–H groups in total. The number of para-hydroxylation sites is 2. The summed E-state index contributed by atoms with van der Waals surface area (Å²) in [5, 5.41) is 3.29. The molecule has 0 aliphatic carbocycles. The van der Waals surface area contributed by atoms with Crippen molar-refractivity contribution in [3.63, 3.8) is 0 Å². The van der Waals surface area contributed by atoms with Gasteiger partial charge in [0, 0.05) is 5.69 Å². The van der Waals surface area contributed by atoms with Crippen LogP contribution in [0.3, 0.4) is 0 Å². The number of hydrogen-bond acceptors (Lipinski definition) is 3. The van der Waals surface area contributed by atoms with Gasteiger partial charge < -0.3 is 14.8 Å². The van der Waals surface area contributed by atoms with Crippen molar-refractivity contribution in [3.8, 4) is 11.5 Å². The van der Waals surface area contributed by atoms with Gasteiger partial charge in [0.15, 0.2) is 11.5 Å². The van der Waals surface area contributed by atoms with Gasteiger partial charge in [-0.1, -0.05) is 24.3 Å². The summed E-state index contributed by atoms with van der Waals surface area (Å²) >= 11 is 0. The summed E-state index contributed by atoms with van der Waals surface area (Å²) < 4.78 is 10.6. The Morgan fingerprint density at radius 1 is 0.824 bits per heavy atom. The molecule has 0 bridgehead atoms. The van der Waals surface area contributed by atoms with Crippen molar-refractivity contribution in [1.82, 2.24) is 0 Å². The molecular formula is C14H15NO2. The topological polar surface area (TPSA) is 30.5 Å². The third-order valence-electron chi connectivity index (χ3n) is 2.46. The molecule has 0 fully saturated rings. The first kappa shape index (κ1) is 11.3. The van der Waals surface area contributed by atoms with Gasteiger partial charge >= 0.3 is 0 Å². The lowest BCUT2D eigenvalue weighted by Crippen LogP contribution is -1.96. The number of methoxy groups -OCH3 is 2. The molecule has 0 aliphatic rings. The van der Waals surface area contributed by atoms with Crippen LogP contribution >= 0.6 is 0 Å². The zero-order valence-corrected chi connectivity index (χ0v) is 9.94. The third-order valence-corrected chi connectivity index (χ3v) is 2.46. The quantitative estimate of drug-likeness (QED) is 0.871. The highest BCUT2D eigenvalue weighted by atomic mass is 16.5. The molecule has 0 unspecified atom stereocenters. The van der Waals surface area contributed by atoms with Crippen molar-refractivity contribution >= 4 is 11.4 Å². The van der Waals surface area contributed by atoms with Crippen molar-refractivity contribution in [2.75, 3.05) is 19.5 Å². The first-order valence-corrected chi connectivity index (χ1v) is 5.38. The molecule has 2 aromatic carbocycles. The summed E-state index contributed by atoms with van der Waals surface area (Å²) in [6.45, 7) is 0. The Balaban J connectivity index is 2.33. The lowest BCUT2D eigenvalue weighted by Gasteiger charge is -2.13. The van der Waals surface area contributed by atoms with Crippen LogP contribution in [0.1, 0.15) is 0 Å². The van der Waals surface area contributed by atoms with E-state index < -0.39 is 0 Å². The van der Waals surface area contributed by atoms with Crippen LogP contribution in [-0.2, 0) is 0 Å². The zero-order valence-electron chi connectivity index (χ0n) is 9.94. The van der Waals surface area contributed by atoms with Crippen LogP contribution in [0.4, 0.5) is 11.4 Å². The molecule has 0 aliphatic heterocycles.